The third kappa shape index (κ3) is 5.45. The molecule has 0 atom stereocenters. The van der Waals surface area contributed by atoms with E-state index in [9.17, 15) is 23.1 Å². The van der Waals surface area contributed by atoms with Crippen LogP contribution in [-0.4, -0.2) is 38.2 Å². The van der Waals surface area contributed by atoms with Gasteiger partial charge in [0.2, 0.25) is 0 Å². The van der Waals surface area contributed by atoms with Crippen LogP contribution in [-0.2, 0) is 14.8 Å². The molecule has 3 aromatic carbocycles. The van der Waals surface area contributed by atoms with E-state index in [0.29, 0.717) is 11.3 Å². The molecule has 0 saturated carbocycles. The zero-order valence-electron chi connectivity index (χ0n) is 18.1. The quantitative estimate of drug-likeness (QED) is 0.391. The number of carbonyl (C=O) groups is 2. The van der Waals surface area contributed by atoms with Gasteiger partial charge in [-0.15, -0.1) is 0 Å². The molecule has 0 spiro atoms. The summed E-state index contributed by atoms with van der Waals surface area (Å²) in [5.41, 5.74) is 4.60. The van der Waals surface area contributed by atoms with E-state index < -0.39 is 28.4 Å². The number of anilines is 1. The minimum absolute atomic E-state index is 0.0270. The molecule has 9 heteroatoms. The summed E-state index contributed by atoms with van der Waals surface area (Å²) in [6, 6.07) is 19.3. The molecular formula is C24H23N3O5S. The van der Waals surface area contributed by atoms with E-state index in [-0.39, 0.29) is 10.5 Å². The maximum absolute atomic E-state index is 13.4. The summed E-state index contributed by atoms with van der Waals surface area (Å²) in [6.45, 7) is 3.13. The van der Waals surface area contributed by atoms with Crippen LogP contribution in [0.25, 0.3) is 0 Å². The Bertz CT molecular complexity index is 1300. The van der Waals surface area contributed by atoms with Gasteiger partial charge >= 0.3 is 5.97 Å². The van der Waals surface area contributed by atoms with Crippen molar-refractivity contribution < 1.29 is 23.1 Å². The van der Waals surface area contributed by atoms with Gasteiger partial charge in [0.05, 0.1) is 22.4 Å². The average molecular weight is 466 g/mol. The number of carbonyl (C=O) groups excluding carboxylic acids is 1. The minimum atomic E-state index is -4.04. The van der Waals surface area contributed by atoms with Crippen LogP contribution >= 0.6 is 0 Å². The largest absolute Gasteiger partial charge is 0.478 e. The number of hydrogen-bond donors (Lipinski definition) is 2. The van der Waals surface area contributed by atoms with Crippen molar-refractivity contribution in [2.24, 2.45) is 5.10 Å². The van der Waals surface area contributed by atoms with Crippen molar-refractivity contribution >= 4 is 33.8 Å². The van der Waals surface area contributed by atoms with E-state index in [1.54, 1.807) is 55.5 Å². The van der Waals surface area contributed by atoms with Gasteiger partial charge in [-0.1, -0.05) is 48.5 Å². The fourth-order valence-electron chi connectivity index (χ4n) is 3.17. The van der Waals surface area contributed by atoms with Gasteiger partial charge in [0.25, 0.3) is 15.9 Å². The van der Waals surface area contributed by atoms with Gasteiger partial charge in [0.1, 0.15) is 6.54 Å². The fourth-order valence-corrected chi connectivity index (χ4v) is 4.67. The van der Waals surface area contributed by atoms with Crippen molar-refractivity contribution in [1.82, 2.24) is 5.43 Å². The Labute approximate surface area is 192 Å². The first-order valence-electron chi connectivity index (χ1n) is 10.00. The fraction of sp³-hybridized carbons (Fsp3) is 0.125. The number of carboxylic acid groups (broad SMARTS) is 1. The molecule has 0 fully saturated rings. The molecule has 1 amide bonds. The highest BCUT2D eigenvalue weighted by Gasteiger charge is 2.28. The molecule has 2 N–H and O–H groups in total. The molecule has 0 heterocycles. The molecule has 0 aromatic heterocycles. The standard InChI is InChI=1S/C24H23N3O5S/c1-17-9-8-14-22(18(17)2)27(33(31,32)20-11-4-3-5-12-20)16-23(28)26-25-15-19-10-6-7-13-21(19)24(29)30/h3-15H,16H2,1-2H3,(H,26,28)(H,29,30)/b25-15-. The molecule has 0 bridgehead atoms. The lowest BCUT2D eigenvalue weighted by molar-refractivity contribution is -0.119. The lowest BCUT2D eigenvalue weighted by Crippen LogP contribution is -2.40. The van der Waals surface area contributed by atoms with Crippen LogP contribution in [0, 0.1) is 13.8 Å². The van der Waals surface area contributed by atoms with Crippen molar-refractivity contribution in [3.8, 4) is 0 Å². The van der Waals surface area contributed by atoms with Gasteiger partial charge < -0.3 is 5.11 Å². The molecule has 33 heavy (non-hydrogen) atoms. The second-order valence-electron chi connectivity index (χ2n) is 7.23. The van der Waals surface area contributed by atoms with Crippen LogP contribution < -0.4 is 9.73 Å². The van der Waals surface area contributed by atoms with Crippen molar-refractivity contribution in [1.29, 1.82) is 0 Å². The van der Waals surface area contributed by atoms with E-state index >= 15 is 0 Å². The Balaban J connectivity index is 1.89. The summed E-state index contributed by atoms with van der Waals surface area (Å²) in [4.78, 5) is 24.0. The van der Waals surface area contributed by atoms with Crippen LogP contribution in [0.2, 0.25) is 0 Å². The Morgan fingerprint density at radius 1 is 0.970 bits per heavy atom. The van der Waals surface area contributed by atoms with Crippen molar-refractivity contribution in [3.63, 3.8) is 0 Å². The Hall–Kier alpha value is -3.98. The summed E-state index contributed by atoms with van der Waals surface area (Å²) >= 11 is 0. The monoisotopic (exact) mass is 465 g/mol. The first-order valence-corrected chi connectivity index (χ1v) is 11.4. The summed E-state index contributed by atoms with van der Waals surface area (Å²) in [5, 5.41) is 13.1. The average Bonchev–Trinajstić information content (AvgIpc) is 2.80. The predicted molar refractivity (Wildman–Crippen MR) is 126 cm³/mol. The van der Waals surface area contributed by atoms with Crippen LogP contribution in [0.1, 0.15) is 27.0 Å². The zero-order valence-corrected chi connectivity index (χ0v) is 18.9. The molecule has 8 nitrogen and oxygen atoms in total. The van der Waals surface area contributed by atoms with E-state index in [4.69, 9.17) is 0 Å². The summed E-state index contributed by atoms with van der Waals surface area (Å²) in [6.07, 6.45) is 1.20. The van der Waals surface area contributed by atoms with Gasteiger partial charge in [0, 0.05) is 5.56 Å². The van der Waals surface area contributed by atoms with E-state index in [1.807, 2.05) is 13.0 Å². The summed E-state index contributed by atoms with van der Waals surface area (Å²) in [7, 11) is -4.04. The summed E-state index contributed by atoms with van der Waals surface area (Å²) in [5.74, 6) is -1.81. The highest BCUT2D eigenvalue weighted by molar-refractivity contribution is 7.92. The molecule has 0 saturated heterocycles. The lowest BCUT2D eigenvalue weighted by Gasteiger charge is -2.26. The molecule has 3 aromatic rings. The Morgan fingerprint density at radius 2 is 1.64 bits per heavy atom. The molecule has 0 radical (unpaired) electrons. The molecule has 0 unspecified atom stereocenters. The van der Waals surface area contributed by atoms with Gasteiger partial charge in [0.15, 0.2) is 0 Å². The first-order chi connectivity index (χ1) is 15.7. The van der Waals surface area contributed by atoms with E-state index in [1.165, 1.54) is 24.4 Å². The normalized spacial score (nSPS) is 11.3. The smallest absolute Gasteiger partial charge is 0.336 e. The third-order valence-electron chi connectivity index (χ3n) is 5.05. The number of benzene rings is 3. The second kappa shape index (κ2) is 10.1. The van der Waals surface area contributed by atoms with Gasteiger partial charge in [-0.3, -0.25) is 9.10 Å². The number of nitrogens with one attached hydrogen (secondary N) is 1. The number of aromatic carboxylic acids is 1. The Kier molecular flexibility index (Phi) is 7.24. The number of aryl methyl sites for hydroxylation is 1. The maximum atomic E-state index is 13.4. The number of rotatable bonds is 8. The van der Waals surface area contributed by atoms with E-state index in [2.05, 4.69) is 10.5 Å². The van der Waals surface area contributed by atoms with Crippen LogP contribution in [0.5, 0.6) is 0 Å². The van der Waals surface area contributed by atoms with Crippen molar-refractivity contribution in [2.45, 2.75) is 18.7 Å². The molecular weight excluding hydrogens is 442 g/mol. The van der Waals surface area contributed by atoms with Crippen molar-refractivity contribution in [3.05, 3.63) is 95.1 Å². The predicted octanol–water partition coefficient (Wildman–Crippen LogP) is 3.35. The Morgan fingerprint density at radius 3 is 2.33 bits per heavy atom. The highest BCUT2D eigenvalue weighted by atomic mass is 32.2. The van der Waals surface area contributed by atoms with E-state index in [0.717, 1.165) is 15.4 Å². The highest BCUT2D eigenvalue weighted by Crippen LogP contribution is 2.28. The minimum Gasteiger partial charge on any atom is -0.478 e. The summed E-state index contributed by atoms with van der Waals surface area (Å²) < 4.78 is 27.8. The number of carboxylic acids is 1. The molecule has 0 aliphatic rings. The number of amides is 1. The van der Waals surface area contributed by atoms with Crippen molar-refractivity contribution in [2.75, 3.05) is 10.8 Å². The number of hydrazone groups is 1. The second-order valence-corrected chi connectivity index (χ2v) is 9.09. The van der Waals surface area contributed by atoms with Crippen LogP contribution in [0.15, 0.2) is 82.8 Å². The third-order valence-corrected chi connectivity index (χ3v) is 6.82. The van der Waals surface area contributed by atoms with Gasteiger partial charge in [-0.2, -0.15) is 5.10 Å². The SMILES string of the molecule is Cc1cccc(N(CC(=O)N/N=C\c2ccccc2C(=O)O)S(=O)(=O)c2ccccc2)c1C. The van der Waals surface area contributed by atoms with Gasteiger partial charge in [-0.25, -0.2) is 18.6 Å². The molecule has 0 aliphatic carbocycles. The topological polar surface area (TPSA) is 116 Å². The maximum Gasteiger partial charge on any atom is 0.336 e. The lowest BCUT2D eigenvalue weighted by atomic mass is 10.1. The van der Waals surface area contributed by atoms with Crippen LogP contribution in [0.4, 0.5) is 5.69 Å². The molecule has 3 rings (SSSR count). The molecule has 170 valence electrons. The van der Waals surface area contributed by atoms with Crippen LogP contribution in [0.3, 0.4) is 0 Å². The number of sulfonamides is 1. The number of nitrogens with zero attached hydrogens (tertiary/aromatic N) is 2. The molecule has 0 aliphatic heterocycles. The number of hydrogen-bond acceptors (Lipinski definition) is 5. The zero-order chi connectivity index (χ0) is 24.0. The van der Waals surface area contributed by atoms with Gasteiger partial charge in [-0.05, 0) is 49.2 Å². The first kappa shape index (κ1) is 23.7.